The number of likely N-dealkylation sites (tertiary alicyclic amines) is 1. The van der Waals surface area contributed by atoms with Gasteiger partial charge in [0.15, 0.2) is 17.3 Å². The van der Waals surface area contributed by atoms with Crippen LogP contribution >= 0.6 is 0 Å². The molecule has 0 spiro atoms. The molecule has 1 unspecified atom stereocenters. The summed E-state index contributed by atoms with van der Waals surface area (Å²) in [5.41, 5.74) is 0.639. The molecule has 2 saturated heterocycles. The minimum absolute atomic E-state index is 0.0560. The summed E-state index contributed by atoms with van der Waals surface area (Å²) < 4.78 is 29.4. The number of anilines is 1. The Morgan fingerprint density at radius 1 is 1.09 bits per heavy atom. The molecule has 3 aliphatic rings. The van der Waals surface area contributed by atoms with Crippen LogP contribution in [-0.2, 0) is 4.74 Å². The summed E-state index contributed by atoms with van der Waals surface area (Å²) in [6, 6.07) is 13.1. The van der Waals surface area contributed by atoms with Crippen molar-refractivity contribution in [2.45, 2.75) is 25.3 Å². The van der Waals surface area contributed by atoms with Gasteiger partial charge in [0, 0.05) is 51.5 Å². The molecule has 1 aromatic heterocycles. The average molecular weight is 599 g/mol. The highest BCUT2D eigenvalue weighted by atomic mass is 19.1. The minimum atomic E-state index is -0.624. The van der Waals surface area contributed by atoms with Crippen LogP contribution in [0.2, 0.25) is 0 Å². The van der Waals surface area contributed by atoms with Crippen molar-refractivity contribution in [2.75, 3.05) is 57.8 Å². The predicted octanol–water partition coefficient (Wildman–Crippen LogP) is 4.32. The standard InChI is InChI=1S/C33H35FN6O4/c34-26-18-24-30-32(29(26)36-8-7-23-6-3-10-39(23)20-35)44-28-17-22-5-2-1-4-21(22)16-27(28)40(30)19-25(31(24)41)33(42)37-9-11-38-12-14-43-15-13-38/h1-2,4-5,16-20,23,35-36H,3,6-15H2,(H,37,42). The molecule has 0 bridgehead atoms. The van der Waals surface area contributed by atoms with E-state index in [0.717, 1.165) is 49.7 Å². The number of hydrogen-bond donors (Lipinski definition) is 3. The van der Waals surface area contributed by atoms with E-state index in [0.29, 0.717) is 49.8 Å². The third-order valence-corrected chi connectivity index (χ3v) is 8.92. The molecular weight excluding hydrogens is 563 g/mol. The van der Waals surface area contributed by atoms with Gasteiger partial charge in [-0.15, -0.1) is 0 Å². The summed E-state index contributed by atoms with van der Waals surface area (Å²) in [5.74, 6) is -0.409. The van der Waals surface area contributed by atoms with Gasteiger partial charge in [-0.25, -0.2) is 4.39 Å². The number of carbonyl (C=O) groups excluding carboxylic acids is 1. The van der Waals surface area contributed by atoms with E-state index in [-0.39, 0.29) is 28.4 Å². The van der Waals surface area contributed by atoms with Crippen LogP contribution in [-0.4, -0.2) is 85.1 Å². The lowest BCUT2D eigenvalue weighted by atomic mass is 10.0. The Morgan fingerprint density at radius 3 is 2.68 bits per heavy atom. The van der Waals surface area contributed by atoms with Gasteiger partial charge in [0.2, 0.25) is 5.43 Å². The topological polar surface area (TPSA) is 112 Å². The Bertz CT molecular complexity index is 1820. The van der Waals surface area contributed by atoms with Crippen molar-refractivity contribution in [2.24, 2.45) is 0 Å². The first-order chi connectivity index (χ1) is 21.5. The van der Waals surface area contributed by atoms with E-state index < -0.39 is 17.2 Å². The largest absolute Gasteiger partial charge is 0.451 e. The lowest BCUT2D eigenvalue weighted by Gasteiger charge is -2.27. The zero-order valence-corrected chi connectivity index (χ0v) is 24.4. The first-order valence-electron chi connectivity index (χ1n) is 15.2. The van der Waals surface area contributed by atoms with Gasteiger partial charge in [0.05, 0.1) is 30.6 Å². The highest BCUT2D eigenvalue weighted by Gasteiger charge is 2.29. The van der Waals surface area contributed by atoms with Crippen LogP contribution in [0.15, 0.2) is 53.5 Å². The Balaban J connectivity index is 1.27. The molecule has 4 aromatic rings. The first-order valence-corrected chi connectivity index (χ1v) is 15.2. The average Bonchev–Trinajstić information content (AvgIpc) is 3.50. The van der Waals surface area contributed by atoms with E-state index in [1.165, 1.54) is 12.4 Å². The summed E-state index contributed by atoms with van der Waals surface area (Å²) in [5, 5.41) is 15.8. The van der Waals surface area contributed by atoms with Crippen LogP contribution in [0.3, 0.4) is 0 Å². The number of nitrogens with one attached hydrogen (secondary N) is 3. The van der Waals surface area contributed by atoms with Gasteiger partial charge in [0.25, 0.3) is 5.91 Å². The molecule has 1 amide bonds. The van der Waals surface area contributed by atoms with Crippen LogP contribution in [0.5, 0.6) is 11.5 Å². The van der Waals surface area contributed by atoms with E-state index in [2.05, 4.69) is 15.5 Å². The number of carbonyl (C=O) groups is 1. The maximum Gasteiger partial charge on any atom is 0.256 e. The van der Waals surface area contributed by atoms with Gasteiger partial charge in [-0.2, -0.15) is 0 Å². The Hall–Kier alpha value is -4.48. The number of fused-ring (bicyclic) bond motifs is 3. The Morgan fingerprint density at radius 2 is 1.89 bits per heavy atom. The van der Waals surface area contributed by atoms with E-state index in [1.807, 2.05) is 41.3 Å². The fraction of sp³-hybridized carbons (Fsp3) is 0.364. The van der Waals surface area contributed by atoms with E-state index in [9.17, 15) is 9.59 Å². The SMILES string of the molecule is N=CN1CCCC1CCNc1c(F)cc2c(=O)c(C(=O)NCCN3CCOCC3)cn3c2c1Oc1cc2ccccc2cc1-3. The molecule has 1 atom stereocenters. The molecule has 11 heteroatoms. The lowest BCUT2D eigenvalue weighted by molar-refractivity contribution is 0.0383. The highest BCUT2D eigenvalue weighted by Crippen LogP contribution is 2.46. The van der Waals surface area contributed by atoms with Crippen LogP contribution in [0.4, 0.5) is 10.1 Å². The fourth-order valence-corrected chi connectivity index (χ4v) is 6.58. The number of halogens is 1. The molecule has 0 aliphatic carbocycles. The summed E-state index contributed by atoms with van der Waals surface area (Å²) in [6.45, 7) is 5.25. The van der Waals surface area contributed by atoms with Crippen molar-refractivity contribution in [3.63, 3.8) is 0 Å². The van der Waals surface area contributed by atoms with E-state index in [4.69, 9.17) is 14.9 Å². The molecule has 4 heterocycles. The number of ether oxygens (including phenoxy) is 2. The second-order valence-corrected chi connectivity index (χ2v) is 11.6. The number of nitrogens with zero attached hydrogens (tertiary/aromatic N) is 3. The van der Waals surface area contributed by atoms with Crippen molar-refractivity contribution in [3.8, 4) is 17.2 Å². The minimum Gasteiger partial charge on any atom is -0.451 e. The molecule has 3 aliphatic heterocycles. The summed E-state index contributed by atoms with van der Waals surface area (Å²) in [7, 11) is 0. The van der Waals surface area contributed by atoms with Gasteiger partial charge in [0.1, 0.15) is 16.8 Å². The molecule has 2 fully saturated rings. The van der Waals surface area contributed by atoms with E-state index >= 15 is 4.39 Å². The fourth-order valence-electron chi connectivity index (χ4n) is 6.58. The van der Waals surface area contributed by atoms with Gasteiger partial charge in [-0.3, -0.25) is 19.9 Å². The van der Waals surface area contributed by atoms with Crippen molar-refractivity contribution in [3.05, 3.63) is 70.3 Å². The number of pyridine rings is 1. The maximum absolute atomic E-state index is 15.9. The Labute approximate surface area is 253 Å². The number of morpholine rings is 1. The summed E-state index contributed by atoms with van der Waals surface area (Å²) in [4.78, 5) is 31.4. The number of rotatable bonds is 9. The van der Waals surface area contributed by atoms with Gasteiger partial charge >= 0.3 is 0 Å². The molecule has 0 radical (unpaired) electrons. The summed E-state index contributed by atoms with van der Waals surface area (Å²) >= 11 is 0. The normalized spacial score (nSPS) is 17.8. The third kappa shape index (κ3) is 5.16. The molecular formula is C33H35FN6O4. The highest BCUT2D eigenvalue weighted by molar-refractivity contribution is 6.02. The number of aromatic nitrogens is 1. The van der Waals surface area contributed by atoms with Crippen LogP contribution in [0, 0.1) is 11.2 Å². The van der Waals surface area contributed by atoms with Crippen LogP contribution in [0.25, 0.3) is 27.4 Å². The molecule has 10 nitrogen and oxygen atoms in total. The Kier molecular flexibility index (Phi) is 7.65. The number of benzene rings is 3. The summed E-state index contributed by atoms with van der Waals surface area (Å²) in [6.07, 6.45) is 5.66. The smallest absolute Gasteiger partial charge is 0.256 e. The molecule has 7 rings (SSSR count). The zero-order valence-electron chi connectivity index (χ0n) is 24.4. The zero-order chi connectivity index (χ0) is 30.2. The molecule has 3 N–H and O–H groups in total. The molecule has 3 aromatic carbocycles. The van der Waals surface area contributed by atoms with Crippen molar-refractivity contribution in [1.82, 2.24) is 19.7 Å². The van der Waals surface area contributed by atoms with E-state index in [1.54, 1.807) is 10.8 Å². The first kappa shape index (κ1) is 28.3. The predicted molar refractivity (Wildman–Crippen MR) is 168 cm³/mol. The van der Waals surface area contributed by atoms with Crippen LogP contribution in [0.1, 0.15) is 29.6 Å². The maximum atomic E-state index is 15.9. The third-order valence-electron chi connectivity index (χ3n) is 8.92. The van der Waals surface area contributed by atoms with Crippen LogP contribution < -0.4 is 20.8 Å². The second kappa shape index (κ2) is 11.9. The lowest BCUT2D eigenvalue weighted by Crippen LogP contribution is -2.42. The van der Waals surface area contributed by atoms with Crippen molar-refractivity contribution in [1.29, 1.82) is 5.41 Å². The monoisotopic (exact) mass is 598 g/mol. The number of amides is 1. The quantitative estimate of drug-likeness (QED) is 0.171. The molecule has 44 heavy (non-hydrogen) atoms. The van der Waals surface area contributed by atoms with Gasteiger partial charge < -0.3 is 29.6 Å². The van der Waals surface area contributed by atoms with Gasteiger partial charge in [-0.1, -0.05) is 24.3 Å². The van der Waals surface area contributed by atoms with Crippen molar-refractivity contribution < 1.29 is 18.7 Å². The molecule has 228 valence electrons. The molecule has 0 saturated carbocycles. The van der Waals surface area contributed by atoms with Gasteiger partial charge in [-0.05, 0) is 48.2 Å². The second-order valence-electron chi connectivity index (χ2n) is 11.6. The number of hydrogen-bond acceptors (Lipinski definition) is 7. The van der Waals surface area contributed by atoms with Crippen molar-refractivity contribution >= 4 is 39.6 Å².